The van der Waals surface area contributed by atoms with E-state index in [-0.39, 0.29) is 5.91 Å². The van der Waals surface area contributed by atoms with Gasteiger partial charge in [-0.1, -0.05) is 25.7 Å². The van der Waals surface area contributed by atoms with Crippen LogP contribution < -0.4 is 5.32 Å². The Balaban J connectivity index is 1.65. The highest BCUT2D eigenvalue weighted by atomic mass is 16.4. The van der Waals surface area contributed by atoms with Gasteiger partial charge in [-0.25, -0.2) is 0 Å². The van der Waals surface area contributed by atoms with E-state index >= 15 is 0 Å². The standard InChI is InChI=1S/C17H21N3O2/c1-12-19-20-17(22-12)14-10-8-13(9-11-14)16(21)18-15-6-4-2-3-5-7-15/h8-11,15H,2-7H2,1H3,(H,18,21). The summed E-state index contributed by atoms with van der Waals surface area (Å²) in [4.78, 5) is 12.3. The van der Waals surface area contributed by atoms with Crippen molar-refractivity contribution in [1.82, 2.24) is 15.5 Å². The lowest BCUT2D eigenvalue weighted by atomic mass is 10.1. The van der Waals surface area contributed by atoms with E-state index < -0.39 is 0 Å². The molecule has 1 aromatic heterocycles. The normalized spacial score (nSPS) is 16.2. The molecule has 1 fully saturated rings. The van der Waals surface area contributed by atoms with Crippen LogP contribution in [0.2, 0.25) is 0 Å². The smallest absolute Gasteiger partial charge is 0.251 e. The molecule has 2 aromatic rings. The first kappa shape index (κ1) is 14.8. The van der Waals surface area contributed by atoms with Gasteiger partial charge in [0.15, 0.2) is 0 Å². The molecular formula is C17H21N3O2. The summed E-state index contributed by atoms with van der Waals surface area (Å²) in [7, 11) is 0. The highest BCUT2D eigenvalue weighted by molar-refractivity contribution is 5.94. The Morgan fingerprint density at radius 2 is 1.77 bits per heavy atom. The number of benzene rings is 1. The minimum atomic E-state index is 0.000148. The Morgan fingerprint density at radius 3 is 2.36 bits per heavy atom. The average molecular weight is 299 g/mol. The third-order valence-electron chi connectivity index (χ3n) is 4.11. The summed E-state index contributed by atoms with van der Waals surface area (Å²) in [6.07, 6.45) is 7.16. The van der Waals surface area contributed by atoms with E-state index in [0.717, 1.165) is 18.4 Å². The number of aryl methyl sites for hydroxylation is 1. The Hall–Kier alpha value is -2.17. The number of carbonyl (C=O) groups is 1. The highest BCUT2D eigenvalue weighted by Crippen LogP contribution is 2.20. The number of hydrogen-bond donors (Lipinski definition) is 1. The van der Waals surface area contributed by atoms with Gasteiger partial charge in [0.25, 0.3) is 5.91 Å². The van der Waals surface area contributed by atoms with Crippen LogP contribution in [0.25, 0.3) is 11.5 Å². The van der Waals surface area contributed by atoms with Gasteiger partial charge < -0.3 is 9.73 Å². The molecule has 1 aliphatic carbocycles. The lowest BCUT2D eigenvalue weighted by molar-refractivity contribution is 0.0933. The molecule has 0 aliphatic heterocycles. The van der Waals surface area contributed by atoms with E-state index in [1.807, 2.05) is 12.1 Å². The molecule has 0 saturated heterocycles. The molecule has 1 aliphatic rings. The number of nitrogens with zero attached hydrogens (tertiary/aromatic N) is 2. The van der Waals surface area contributed by atoms with Gasteiger partial charge in [0.1, 0.15) is 0 Å². The van der Waals surface area contributed by atoms with Crippen molar-refractivity contribution in [2.24, 2.45) is 0 Å². The quantitative estimate of drug-likeness (QED) is 0.881. The van der Waals surface area contributed by atoms with Crippen molar-refractivity contribution in [1.29, 1.82) is 0 Å². The minimum Gasteiger partial charge on any atom is -0.421 e. The molecule has 5 nitrogen and oxygen atoms in total. The van der Waals surface area contributed by atoms with Crippen LogP contribution in [0.5, 0.6) is 0 Å². The van der Waals surface area contributed by atoms with Crippen LogP contribution in [0.1, 0.15) is 54.8 Å². The lowest BCUT2D eigenvalue weighted by Gasteiger charge is -2.16. The van der Waals surface area contributed by atoms with Crippen molar-refractivity contribution in [3.8, 4) is 11.5 Å². The summed E-state index contributed by atoms with van der Waals surface area (Å²) in [5, 5.41) is 10.9. The van der Waals surface area contributed by atoms with E-state index in [2.05, 4.69) is 15.5 Å². The number of carbonyl (C=O) groups excluding carboxylic acids is 1. The minimum absolute atomic E-state index is 0.000148. The van der Waals surface area contributed by atoms with E-state index in [0.29, 0.717) is 23.4 Å². The molecule has 0 spiro atoms. The maximum absolute atomic E-state index is 12.3. The average Bonchev–Trinajstić information content (AvgIpc) is 2.80. The van der Waals surface area contributed by atoms with Crippen molar-refractivity contribution in [3.63, 3.8) is 0 Å². The molecule has 1 saturated carbocycles. The van der Waals surface area contributed by atoms with Crippen molar-refractivity contribution < 1.29 is 9.21 Å². The largest absolute Gasteiger partial charge is 0.421 e. The van der Waals surface area contributed by atoms with Gasteiger partial charge in [0.2, 0.25) is 11.8 Å². The zero-order valence-corrected chi connectivity index (χ0v) is 12.8. The van der Waals surface area contributed by atoms with Gasteiger partial charge in [0, 0.05) is 24.1 Å². The molecule has 0 bridgehead atoms. The summed E-state index contributed by atoms with van der Waals surface area (Å²) >= 11 is 0. The zero-order chi connectivity index (χ0) is 15.4. The number of rotatable bonds is 3. The summed E-state index contributed by atoms with van der Waals surface area (Å²) in [6, 6.07) is 7.61. The van der Waals surface area contributed by atoms with Gasteiger partial charge in [-0.2, -0.15) is 0 Å². The SMILES string of the molecule is Cc1nnc(-c2ccc(C(=O)NC3CCCCCC3)cc2)o1. The number of amides is 1. The predicted molar refractivity (Wildman–Crippen MR) is 83.4 cm³/mol. The van der Waals surface area contributed by atoms with Crippen LogP contribution in [0.3, 0.4) is 0 Å². The molecule has 0 unspecified atom stereocenters. The lowest BCUT2D eigenvalue weighted by Crippen LogP contribution is -2.34. The Morgan fingerprint density at radius 1 is 1.09 bits per heavy atom. The summed E-state index contributed by atoms with van der Waals surface area (Å²) in [5.74, 6) is 1.01. The van der Waals surface area contributed by atoms with Crippen LogP contribution in [-0.2, 0) is 0 Å². The molecule has 0 radical (unpaired) electrons. The van der Waals surface area contributed by atoms with Crippen molar-refractivity contribution in [3.05, 3.63) is 35.7 Å². The zero-order valence-electron chi connectivity index (χ0n) is 12.8. The summed E-state index contributed by atoms with van der Waals surface area (Å²) in [5.41, 5.74) is 1.50. The molecule has 5 heteroatoms. The Kier molecular flexibility index (Phi) is 4.51. The number of nitrogens with one attached hydrogen (secondary N) is 1. The molecule has 0 atom stereocenters. The Labute approximate surface area is 130 Å². The van der Waals surface area contributed by atoms with Crippen LogP contribution in [0.4, 0.5) is 0 Å². The van der Waals surface area contributed by atoms with E-state index in [4.69, 9.17) is 4.42 Å². The first-order valence-electron chi connectivity index (χ1n) is 7.94. The molecule has 3 rings (SSSR count). The van der Waals surface area contributed by atoms with Crippen LogP contribution in [0, 0.1) is 6.92 Å². The van der Waals surface area contributed by atoms with Gasteiger partial charge >= 0.3 is 0 Å². The maximum atomic E-state index is 12.3. The third-order valence-corrected chi connectivity index (χ3v) is 4.11. The fourth-order valence-electron chi connectivity index (χ4n) is 2.87. The number of aromatic nitrogens is 2. The molecule has 1 amide bonds. The first-order chi connectivity index (χ1) is 10.7. The number of hydrogen-bond acceptors (Lipinski definition) is 4. The van der Waals surface area contributed by atoms with Crippen LogP contribution >= 0.6 is 0 Å². The van der Waals surface area contributed by atoms with E-state index in [1.54, 1.807) is 19.1 Å². The van der Waals surface area contributed by atoms with Crippen molar-refractivity contribution in [2.45, 2.75) is 51.5 Å². The van der Waals surface area contributed by atoms with Crippen LogP contribution in [-0.4, -0.2) is 22.1 Å². The molecule has 1 N–H and O–H groups in total. The van der Waals surface area contributed by atoms with Gasteiger partial charge in [-0.15, -0.1) is 10.2 Å². The fourth-order valence-corrected chi connectivity index (χ4v) is 2.87. The van der Waals surface area contributed by atoms with E-state index in [1.165, 1.54) is 25.7 Å². The molecule has 1 aromatic carbocycles. The van der Waals surface area contributed by atoms with Crippen LogP contribution in [0.15, 0.2) is 28.7 Å². The highest BCUT2D eigenvalue weighted by Gasteiger charge is 2.16. The predicted octanol–water partition coefficient (Wildman–Crippen LogP) is 3.50. The molecular weight excluding hydrogens is 278 g/mol. The first-order valence-corrected chi connectivity index (χ1v) is 7.94. The van der Waals surface area contributed by atoms with Gasteiger partial charge in [-0.05, 0) is 37.1 Å². The topological polar surface area (TPSA) is 68.0 Å². The fraction of sp³-hybridized carbons (Fsp3) is 0.471. The summed E-state index contributed by atoms with van der Waals surface area (Å²) in [6.45, 7) is 1.76. The summed E-state index contributed by atoms with van der Waals surface area (Å²) < 4.78 is 5.38. The second-order valence-electron chi connectivity index (χ2n) is 5.87. The maximum Gasteiger partial charge on any atom is 0.251 e. The Bertz CT molecular complexity index is 626. The second-order valence-corrected chi connectivity index (χ2v) is 5.87. The van der Waals surface area contributed by atoms with Gasteiger partial charge in [-0.3, -0.25) is 4.79 Å². The molecule has 22 heavy (non-hydrogen) atoms. The molecule has 1 heterocycles. The third kappa shape index (κ3) is 3.53. The van der Waals surface area contributed by atoms with Crippen molar-refractivity contribution in [2.75, 3.05) is 0 Å². The van der Waals surface area contributed by atoms with Crippen molar-refractivity contribution >= 4 is 5.91 Å². The van der Waals surface area contributed by atoms with Gasteiger partial charge in [0.05, 0.1) is 0 Å². The second kappa shape index (κ2) is 6.73. The monoisotopic (exact) mass is 299 g/mol. The van der Waals surface area contributed by atoms with E-state index in [9.17, 15) is 4.79 Å². The molecule has 116 valence electrons.